The number of hydrogen-bond donors (Lipinski definition) is 6. The number of carbonyl (C=O) groups is 1. The molecule has 1 aliphatic heterocycles. The number of aliphatic hydroxyl groups excluding tert-OH is 5. The molecule has 0 spiro atoms. The van der Waals surface area contributed by atoms with Crippen LogP contribution in [0.4, 0.5) is 0 Å². The highest BCUT2D eigenvalue weighted by atomic mass is 16.7. The lowest BCUT2D eigenvalue weighted by atomic mass is 9.99. The molecule has 0 bridgehead atoms. The average Bonchev–Trinajstić information content (AvgIpc) is 3.20. The molecule has 9 heteroatoms. The van der Waals surface area contributed by atoms with Gasteiger partial charge in [-0.1, -0.05) is 193 Å². The van der Waals surface area contributed by atoms with Gasteiger partial charge in [-0.15, -0.1) is 0 Å². The minimum atomic E-state index is -1.55. The fraction of sp³-hybridized carbons (Fsp3) is 0.936. The number of ether oxygens (including phenoxy) is 2. The van der Waals surface area contributed by atoms with Crippen LogP contribution in [0, 0.1) is 0 Å². The molecule has 332 valence electrons. The van der Waals surface area contributed by atoms with Crippen LogP contribution >= 0.6 is 0 Å². The van der Waals surface area contributed by atoms with Crippen LogP contribution in [0.2, 0.25) is 0 Å². The third-order valence-electron chi connectivity index (χ3n) is 11.6. The molecule has 9 nitrogen and oxygen atoms in total. The standard InChI is InChI=1S/C47H91NO8/c1-3-5-7-9-11-13-15-16-17-18-19-20-21-22-23-24-25-26-27-29-31-33-35-37-43(51)48-40(39-55-47-46(54)45(53)44(52)42(38-49)56-47)41(50)36-34-32-30-28-14-12-10-8-6-4-2/h18-19,40-42,44-47,49-50,52-54H,3-17,20-39H2,1-2H3,(H,48,51)/b19-18-. The highest BCUT2D eigenvalue weighted by molar-refractivity contribution is 5.76. The fourth-order valence-corrected chi connectivity index (χ4v) is 7.74. The molecule has 1 fully saturated rings. The summed E-state index contributed by atoms with van der Waals surface area (Å²) in [6.07, 6.45) is 36.6. The van der Waals surface area contributed by atoms with Crippen LogP contribution in [0.25, 0.3) is 0 Å². The van der Waals surface area contributed by atoms with Gasteiger partial charge < -0.3 is 40.3 Å². The summed E-state index contributed by atoms with van der Waals surface area (Å²) in [5.41, 5.74) is 0. The largest absolute Gasteiger partial charge is 0.394 e. The van der Waals surface area contributed by atoms with Crippen LogP contribution in [-0.4, -0.2) is 87.5 Å². The Morgan fingerprint density at radius 1 is 0.589 bits per heavy atom. The summed E-state index contributed by atoms with van der Waals surface area (Å²) in [6.45, 7) is 3.82. The minimum absolute atomic E-state index is 0.135. The Bertz CT molecular complexity index is 888. The molecule has 0 aromatic carbocycles. The first-order valence-corrected chi connectivity index (χ1v) is 23.9. The molecule has 7 atom stereocenters. The van der Waals surface area contributed by atoms with Crippen molar-refractivity contribution in [2.45, 2.75) is 269 Å². The summed E-state index contributed by atoms with van der Waals surface area (Å²) in [5, 5.41) is 54.2. The van der Waals surface area contributed by atoms with Gasteiger partial charge in [0.15, 0.2) is 6.29 Å². The third kappa shape index (κ3) is 28.4. The number of allylic oxidation sites excluding steroid dienone is 2. The van der Waals surface area contributed by atoms with E-state index in [9.17, 15) is 30.3 Å². The van der Waals surface area contributed by atoms with Crippen LogP contribution in [0.3, 0.4) is 0 Å². The van der Waals surface area contributed by atoms with Crippen molar-refractivity contribution in [1.82, 2.24) is 5.32 Å². The summed E-state index contributed by atoms with van der Waals surface area (Å²) in [6, 6.07) is -0.713. The van der Waals surface area contributed by atoms with Crippen LogP contribution in [0.15, 0.2) is 12.2 Å². The van der Waals surface area contributed by atoms with Crippen LogP contribution in [0.5, 0.6) is 0 Å². The zero-order chi connectivity index (χ0) is 40.9. The van der Waals surface area contributed by atoms with Gasteiger partial charge in [0.25, 0.3) is 0 Å². The Morgan fingerprint density at radius 3 is 1.45 bits per heavy atom. The first kappa shape index (κ1) is 52.9. The molecule has 0 aromatic rings. The molecular weight excluding hydrogens is 707 g/mol. The van der Waals surface area contributed by atoms with Crippen molar-refractivity contribution in [1.29, 1.82) is 0 Å². The molecule has 7 unspecified atom stereocenters. The van der Waals surface area contributed by atoms with Gasteiger partial charge in [0, 0.05) is 6.42 Å². The highest BCUT2D eigenvalue weighted by Crippen LogP contribution is 2.23. The number of aliphatic hydroxyl groups is 5. The topological polar surface area (TPSA) is 149 Å². The molecule has 56 heavy (non-hydrogen) atoms. The lowest BCUT2D eigenvalue weighted by Gasteiger charge is -2.40. The molecule has 6 N–H and O–H groups in total. The second-order valence-electron chi connectivity index (χ2n) is 16.9. The monoisotopic (exact) mass is 798 g/mol. The van der Waals surface area contributed by atoms with Gasteiger partial charge in [-0.05, 0) is 38.5 Å². The van der Waals surface area contributed by atoms with Crippen molar-refractivity contribution in [3.8, 4) is 0 Å². The zero-order valence-electron chi connectivity index (χ0n) is 36.4. The molecule has 1 saturated heterocycles. The molecular formula is C47H91NO8. The Labute approximate surface area is 344 Å². The molecule has 0 radical (unpaired) electrons. The van der Waals surface area contributed by atoms with E-state index in [-0.39, 0.29) is 12.5 Å². The van der Waals surface area contributed by atoms with Gasteiger partial charge in [0.1, 0.15) is 24.4 Å². The second kappa shape index (κ2) is 38.2. The first-order chi connectivity index (χ1) is 27.3. The molecule has 0 saturated carbocycles. The van der Waals surface area contributed by atoms with E-state index in [1.165, 1.54) is 161 Å². The van der Waals surface area contributed by atoms with Crippen LogP contribution in [-0.2, 0) is 14.3 Å². The number of hydrogen-bond acceptors (Lipinski definition) is 8. The van der Waals surface area contributed by atoms with Crippen molar-refractivity contribution in [3.05, 3.63) is 12.2 Å². The predicted molar refractivity (Wildman–Crippen MR) is 231 cm³/mol. The maximum absolute atomic E-state index is 13.0. The Hall–Kier alpha value is -1.07. The van der Waals surface area contributed by atoms with E-state index in [0.717, 1.165) is 38.5 Å². The van der Waals surface area contributed by atoms with Gasteiger partial charge in [-0.3, -0.25) is 4.79 Å². The number of rotatable bonds is 40. The SMILES string of the molecule is CCCCCCCCCC/C=C\CCCCCCCCCCCCCC(=O)NC(COC1OC(CO)C(O)C(O)C1O)C(O)CCCCCCCCCCCC. The van der Waals surface area contributed by atoms with E-state index in [2.05, 4.69) is 31.3 Å². The van der Waals surface area contributed by atoms with Crippen molar-refractivity contribution in [3.63, 3.8) is 0 Å². The predicted octanol–water partition coefficient (Wildman–Crippen LogP) is 10.1. The Balaban J connectivity index is 2.22. The smallest absolute Gasteiger partial charge is 0.220 e. The molecule has 0 aromatic heterocycles. The average molecular weight is 798 g/mol. The van der Waals surface area contributed by atoms with Gasteiger partial charge in [0.05, 0.1) is 25.4 Å². The molecule has 1 rings (SSSR count). The Morgan fingerprint density at radius 2 is 1.00 bits per heavy atom. The highest BCUT2D eigenvalue weighted by Gasteiger charge is 2.44. The van der Waals surface area contributed by atoms with Gasteiger partial charge in [-0.2, -0.15) is 0 Å². The van der Waals surface area contributed by atoms with E-state index in [0.29, 0.717) is 12.8 Å². The number of nitrogens with one attached hydrogen (secondary N) is 1. The minimum Gasteiger partial charge on any atom is -0.394 e. The van der Waals surface area contributed by atoms with E-state index in [4.69, 9.17) is 9.47 Å². The molecule has 1 heterocycles. The summed E-state index contributed by atoms with van der Waals surface area (Å²) < 4.78 is 11.2. The summed E-state index contributed by atoms with van der Waals surface area (Å²) in [4.78, 5) is 13.0. The van der Waals surface area contributed by atoms with E-state index in [1.807, 2.05) is 0 Å². The number of unbranched alkanes of at least 4 members (excludes halogenated alkanes) is 28. The van der Waals surface area contributed by atoms with Gasteiger partial charge in [0.2, 0.25) is 5.91 Å². The summed E-state index contributed by atoms with van der Waals surface area (Å²) >= 11 is 0. The van der Waals surface area contributed by atoms with Crippen LogP contribution in [0.1, 0.15) is 226 Å². The number of carbonyl (C=O) groups excluding carboxylic acids is 1. The van der Waals surface area contributed by atoms with Crippen molar-refractivity contribution in [2.75, 3.05) is 13.2 Å². The van der Waals surface area contributed by atoms with E-state index < -0.39 is 49.5 Å². The van der Waals surface area contributed by atoms with Gasteiger partial charge in [-0.25, -0.2) is 0 Å². The summed E-state index contributed by atoms with van der Waals surface area (Å²) in [5.74, 6) is -0.145. The lowest BCUT2D eigenvalue weighted by molar-refractivity contribution is -0.302. The fourth-order valence-electron chi connectivity index (χ4n) is 7.74. The quantitative estimate of drug-likeness (QED) is 0.0265. The van der Waals surface area contributed by atoms with Gasteiger partial charge >= 0.3 is 0 Å². The normalized spacial score (nSPS) is 21.2. The van der Waals surface area contributed by atoms with E-state index >= 15 is 0 Å². The Kier molecular flexibility index (Phi) is 36.1. The lowest BCUT2D eigenvalue weighted by Crippen LogP contribution is -2.60. The van der Waals surface area contributed by atoms with Crippen molar-refractivity contribution >= 4 is 5.91 Å². The maximum Gasteiger partial charge on any atom is 0.220 e. The number of amides is 1. The third-order valence-corrected chi connectivity index (χ3v) is 11.6. The first-order valence-electron chi connectivity index (χ1n) is 23.9. The van der Waals surface area contributed by atoms with Crippen LogP contribution < -0.4 is 5.32 Å². The molecule has 1 aliphatic rings. The van der Waals surface area contributed by atoms with Crippen molar-refractivity contribution < 1.29 is 39.8 Å². The second-order valence-corrected chi connectivity index (χ2v) is 16.9. The van der Waals surface area contributed by atoms with Crippen molar-refractivity contribution in [2.24, 2.45) is 0 Å². The molecule has 1 amide bonds. The summed E-state index contributed by atoms with van der Waals surface area (Å²) in [7, 11) is 0. The zero-order valence-corrected chi connectivity index (χ0v) is 36.4. The van der Waals surface area contributed by atoms with E-state index in [1.54, 1.807) is 0 Å². The molecule has 0 aliphatic carbocycles. The maximum atomic E-state index is 13.0.